The molecular weight excluding hydrogens is 440 g/mol. The van der Waals surface area contributed by atoms with Crippen LogP contribution >= 0.6 is 0 Å². The summed E-state index contributed by atoms with van der Waals surface area (Å²) in [5.41, 5.74) is 0.977. The van der Waals surface area contributed by atoms with Crippen LogP contribution in [0.25, 0.3) is 0 Å². The van der Waals surface area contributed by atoms with E-state index >= 15 is 0 Å². The van der Waals surface area contributed by atoms with E-state index in [9.17, 15) is 4.79 Å². The standard InChI is InChI=1S/C25H36O7Si/c1-24(2,3)33(5,6)32-25-12-8-7-9-18(25)20(14-22(31-25)23(26)27-4)28-15-17-10-11-19-21(13-17)30-16-29-19/h10-11,13-14,18,20H,7-9,12,15-16H2,1-6H3/t18-,20+,25+/m0/s1. The highest BCUT2D eigenvalue weighted by molar-refractivity contribution is 6.74. The summed E-state index contributed by atoms with van der Waals surface area (Å²) in [6.07, 6.45) is 5.12. The molecule has 1 saturated carbocycles. The van der Waals surface area contributed by atoms with E-state index in [1.807, 2.05) is 18.2 Å². The molecule has 2 heterocycles. The third kappa shape index (κ3) is 4.79. The summed E-state index contributed by atoms with van der Waals surface area (Å²) >= 11 is 0. The number of esters is 1. The summed E-state index contributed by atoms with van der Waals surface area (Å²) in [4.78, 5) is 12.5. The maximum absolute atomic E-state index is 12.5. The molecule has 0 spiro atoms. The van der Waals surface area contributed by atoms with Crippen molar-refractivity contribution in [3.63, 3.8) is 0 Å². The molecule has 4 rings (SSSR count). The molecule has 1 aromatic carbocycles. The lowest BCUT2D eigenvalue weighted by Gasteiger charge is -2.53. The molecule has 3 aliphatic rings. The summed E-state index contributed by atoms with van der Waals surface area (Å²) in [6.45, 7) is 11.7. The Morgan fingerprint density at radius 2 is 1.94 bits per heavy atom. The molecule has 0 amide bonds. The Hall–Kier alpha value is -2.03. The second-order valence-corrected chi connectivity index (χ2v) is 15.3. The monoisotopic (exact) mass is 476 g/mol. The van der Waals surface area contributed by atoms with Gasteiger partial charge in [0.2, 0.25) is 18.3 Å². The summed E-state index contributed by atoms with van der Waals surface area (Å²) in [6, 6.07) is 5.80. The molecule has 8 heteroatoms. The maximum Gasteiger partial charge on any atom is 0.373 e. The van der Waals surface area contributed by atoms with Crippen molar-refractivity contribution in [1.29, 1.82) is 0 Å². The molecule has 0 aromatic heterocycles. The fraction of sp³-hybridized carbons (Fsp3) is 0.640. The number of hydrogen-bond acceptors (Lipinski definition) is 7. The van der Waals surface area contributed by atoms with Crippen molar-refractivity contribution < 1.29 is 32.9 Å². The van der Waals surface area contributed by atoms with Crippen LogP contribution in [0.4, 0.5) is 0 Å². The smallest absolute Gasteiger partial charge is 0.373 e. The van der Waals surface area contributed by atoms with Gasteiger partial charge in [0, 0.05) is 6.42 Å². The zero-order valence-electron chi connectivity index (χ0n) is 20.6. The van der Waals surface area contributed by atoms with Crippen molar-refractivity contribution in [1.82, 2.24) is 0 Å². The lowest BCUT2D eigenvalue weighted by Crippen LogP contribution is -2.60. The van der Waals surface area contributed by atoms with E-state index in [1.165, 1.54) is 7.11 Å². The van der Waals surface area contributed by atoms with Gasteiger partial charge in [-0.25, -0.2) is 4.79 Å². The topological polar surface area (TPSA) is 72.5 Å². The number of hydrogen-bond donors (Lipinski definition) is 0. The maximum atomic E-state index is 12.5. The third-order valence-electron chi connectivity index (χ3n) is 7.35. The molecule has 1 aliphatic carbocycles. The van der Waals surface area contributed by atoms with Crippen LogP contribution in [0, 0.1) is 5.92 Å². The van der Waals surface area contributed by atoms with Gasteiger partial charge in [-0.1, -0.05) is 33.3 Å². The average molecular weight is 477 g/mol. The van der Waals surface area contributed by atoms with Crippen LogP contribution in [0.15, 0.2) is 30.0 Å². The Morgan fingerprint density at radius 1 is 1.18 bits per heavy atom. The minimum Gasteiger partial charge on any atom is -0.463 e. The van der Waals surface area contributed by atoms with Crippen LogP contribution in [-0.2, 0) is 30.0 Å². The van der Waals surface area contributed by atoms with Crippen LogP contribution in [0.3, 0.4) is 0 Å². The number of ether oxygens (including phenoxy) is 5. The van der Waals surface area contributed by atoms with Gasteiger partial charge in [-0.2, -0.15) is 0 Å². The van der Waals surface area contributed by atoms with Crippen LogP contribution in [0.2, 0.25) is 18.1 Å². The number of carbonyl (C=O) groups is 1. The number of rotatable bonds is 6. The summed E-state index contributed by atoms with van der Waals surface area (Å²) in [7, 11) is -0.838. The molecule has 33 heavy (non-hydrogen) atoms. The van der Waals surface area contributed by atoms with Gasteiger partial charge >= 0.3 is 5.97 Å². The number of benzene rings is 1. The average Bonchev–Trinajstić information content (AvgIpc) is 3.23. The van der Waals surface area contributed by atoms with Gasteiger partial charge in [0.1, 0.15) is 0 Å². The Labute approximate surface area is 197 Å². The molecular formula is C25H36O7Si. The van der Waals surface area contributed by atoms with E-state index in [4.69, 9.17) is 28.1 Å². The molecule has 3 atom stereocenters. The molecule has 1 fully saturated rings. The van der Waals surface area contributed by atoms with Crippen molar-refractivity contribution in [2.45, 2.75) is 83.1 Å². The highest BCUT2D eigenvalue weighted by Crippen LogP contribution is 2.50. The Kier molecular flexibility index (Phi) is 6.55. The summed E-state index contributed by atoms with van der Waals surface area (Å²) in [5.74, 6) is 0.231. The largest absolute Gasteiger partial charge is 0.463 e. The zero-order valence-corrected chi connectivity index (χ0v) is 21.6. The van der Waals surface area contributed by atoms with Gasteiger partial charge in [0.05, 0.1) is 25.7 Å². The number of fused-ring (bicyclic) bond motifs is 2. The van der Waals surface area contributed by atoms with E-state index in [0.717, 1.165) is 42.7 Å². The Morgan fingerprint density at radius 3 is 2.67 bits per heavy atom. The lowest BCUT2D eigenvalue weighted by molar-refractivity contribution is -0.251. The molecule has 0 N–H and O–H groups in total. The highest BCUT2D eigenvalue weighted by atomic mass is 28.4. The van der Waals surface area contributed by atoms with Crippen molar-refractivity contribution in [3.05, 3.63) is 35.6 Å². The predicted molar refractivity (Wildman–Crippen MR) is 125 cm³/mol. The van der Waals surface area contributed by atoms with Gasteiger partial charge in [0.25, 0.3) is 0 Å². The number of carbonyl (C=O) groups excluding carboxylic acids is 1. The van der Waals surface area contributed by atoms with Crippen LogP contribution < -0.4 is 9.47 Å². The predicted octanol–water partition coefficient (Wildman–Crippen LogP) is 5.30. The van der Waals surface area contributed by atoms with Gasteiger partial charge in [-0.15, -0.1) is 0 Å². The van der Waals surface area contributed by atoms with Crippen molar-refractivity contribution in [2.75, 3.05) is 13.9 Å². The molecule has 1 aromatic rings. The molecule has 182 valence electrons. The highest BCUT2D eigenvalue weighted by Gasteiger charge is 2.56. The first kappa shape index (κ1) is 24.1. The molecule has 2 aliphatic heterocycles. The van der Waals surface area contributed by atoms with E-state index in [2.05, 4.69) is 33.9 Å². The van der Waals surface area contributed by atoms with E-state index in [-0.39, 0.29) is 29.6 Å². The van der Waals surface area contributed by atoms with Crippen LogP contribution in [0.5, 0.6) is 11.5 Å². The third-order valence-corrected chi connectivity index (χ3v) is 11.8. The van der Waals surface area contributed by atoms with Crippen molar-refractivity contribution in [2.24, 2.45) is 5.92 Å². The first-order chi connectivity index (χ1) is 15.5. The lowest BCUT2D eigenvalue weighted by atomic mass is 9.78. The number of methoxy groups -OCH3 is 1. The van der Waals surface area contributed by atoms with Gasteiger partial charge < -0.3 is 28.1 Å². The second-order valence-electron chi connectivity index (χ2n) is 10.6. The molecule has 0 unspecified atom stereocenters. The van der Waals surface area contributed by atoms with Crippen LogP contribution in [0.1, 0.15) is 52.0 Å². The molecule has 7 nitrogen and oxygen atoms in total. The molecule has 0 radical (unpaired) electrons. The van der Waals surface area contributed by atoms with Gasteiger partial charge in [0.15, 0.2) is 19.8 Å². The Bertz CT molecular complexity index is 920. The molecule has 0 saturated heterocycles. The first-order valence-electron chi connectivity index (χ1n) is 11.7. The fourth-order valence-electron chi connectivity index (χ4n) is 4.50. The van der Waals surface area contributed by atoms with E-state index in [1.54, 1.807) is 6.08 Å². The summed E-state index contributed by atoms with van der Waals surface area (Å²) in [5, 5.41) is 0.00252. The second kappa shape index (κ2) is 8.96. The minimum atomic E-state index is -2.20. The van der Waals surface area contributed by atoms with E-state index in [0.29, 0.717) is 6.61 Å². The minimum absolute atomic E-state index is 0.00252. The van der Waals surface area contributed by atoms with Crippen molar-refractivity contribution in [3.8, 4) is 11.5 Å². The summed E-state index contributed by atoms with van der Waals surface area (Å²) < 4.78 is 35.7. The van der Waals surface area contributed by atoms with E-state index < -0.39 is 20.1 Å². The quantitative estimate of drug-likeness (QED) is 0.408. The van der Waals surface area contributed by atoms with Crippen LogP contribution in [-0.4, -0.2) is 40.1 Å². The zero-order chi connectivity index (χ0) is 23.9. The van der Waals surface area contributed by atoms with Gasteiger partial charge in [-0.3, -0.25) is 0 Å². The normalized spacial score (nSPS) is 26.8. The SMILES string of the molecule is COC(=O)C1=C[C@@H](OCc2ccc3c(c2)OCO3)[C@@H]2CCCC[C@]2(O[Si](C)(C)C(C)(C)C)O1. The van der Waals surface area contributed by atoms with Crippen molar-refractivity contribution >= 4 is 14.3 Å². The fourth-order valence-corrected chi connectivity index (χ4v) is 5.96. The Balaban J connectivity index is 1.62. The first-order valence-corrected chi connectivity index (χ1v) is 14.6. The van der Waals surface area contributed by atoms with Gasteiger partial charge in [-0.05, 0) is 54.7 Å². The molecule has 0 bridgehead atoms.